The second-order valence-corrected chi connectivity index (χ2v) is 10.5. The lowest BCUT2D eigenvalue weighted by molar-refractivity contribution is -0.121. The summed E-state index contributed by atoms with van der Waals surface area (Å²) < 4.78 is 7.53. The van der Waals surface area contributed by atoms with Gasteiger partial charge in [0.2, 0.25) is 5.91 Å². The second kappa shape index (κ2) is 12.5. The first-order valence-corrected chi connectivity index (χ1v) is 13.5. The minimum absolute atomic E-state index is 0. The van der Waals surface area contributed by atoms with Crippen LogP contribution in [0.2, 0.25) is 5.02 Å². The van der Waals surface area contributed by atoms with Gasteiger partial charge in [-0.1, -0.05) is 35.6 Å². The molecular formula is C29H26Cl2N6O2S. The SMILES string of the molecule is Cc1sc2c(c1C)C(c1ccc(Cl)cc1)=N[C@@H](CC(=O)NCC#Cc1ccc(C#CCN)o1)c1nnc(C)n1-2.Cl. The number of carbonyl (C=O) groups is 1. The van der Waals surface area contributed by atoms with Crippen LogP contribution in [0.3, 0.4) is 0 Å². The number of hydrogen-bond acceptors (Lipinski definition) is 7. The van der Waals surface area contributed by atoms with Gasteiger partial charge in [0.15, 0.2) is 17.3 Å². The van der Waals surface area contributed by atoms with Crippen LogP contribution in [0.5, 0.6) is 0 Å². The van der Waals surface area contributed by atoms with Crippen LogP contribution >= 0.6 is 35.3 Å². The molecule has 0 aliphatic carbocycles. The molecule has 0 saturated heterocycles. The molecule has 1 aliphatic rings. The number of halogens is 2. The molecule has 0 saturated carbocycles. The van der Waals surface area contributed by atoms with E-state index in [1.54, 1.807) is 23.5 Å². The number of furan rings is 1. The van der Waals surface area contributed by atoms with Crippen molar-refractivity contribution >= 4 is 47.0 Å². The second-order valence-electron chi connectivity index (χ2n) is 8.86. The molecule has 8 nitrogen and oxygen atoms in total. The number of aliphatic imine (C=N–C) groups is 1. The quantitative estimate of drug-likeness (QED) is 0.334. The number of fused-ring (bicyclic) bond motifs is 3. The lowest BCUT2D eigenvalue weighted by Crippen LogP contribution is -2.25. The summed E-state index contributed by atoms with van der Waals surface area (Å²) in [5, 5.41) is 13.3. The first kappa shape index (κ1) is 29.1. The van der Waals surface area contributed by atoms with Crippen molar-refractivity contribution in [3.05, 3.63) is 86.2 Å². The number of nitrogens with one attached hydrogen (secondary N) is 1. The lowest BCUT2D eigenvalue weighted by Gasteiger charge is -2.12. The Hall–Kier alpha value is -3.86. The van der Waals surface area contributed by atoms with Crippen LogP contribution in [0.25, 0.3) is 5.00 Å². The van der Waals surface area contributed by atoms with Crippen molar-refractivity contribution in [2.75, 3.05) is 13.1 Å². The van der Waals surface area contributed by atoms with Crippen molar-refractivity contribution in [3.8, 4) is 28.7 Å². The van der Waals surface area contributed by atoms with Gasteiger partial charge in [0.05, 0.1) is 25.2 Å². The maximum Gasteiger partial charge on any atom is 0.223 e. The van der Waals surface area contributed by atoms with Gasteiger partial charge in [-0.05, 0) is 62.4 Å². The monoisotopic (exact) mass is 592 g/mol. The summed E-state index contributed by atoms with van der Waals surface area (Å²) in [6, 6.07) is 10.5. The van der Waals surface area contributed by atoms with E-state index >= 15 is 0 Å². The molecule has 11 heteroatoms. The first-order valence-electron chi connectivity index (χ1n) is 12.3. The van der Waals surface area contributed by atoms with E-state index in [1.165, 1.54) is 4.88 Å². The zero-order chi connectivity index (χ0) is 27.5. The molecule has 5 rings (SSSR count). The highest BCUT2D eigenvalue weighted by Gasteiger charge is 2.32. The summed E-state index contributed by atoms with van der Waals surface area (Å²) >= 11 is 7.84. The van der Waals surface area contributed by atoms with Crippen LogP contribution in [0.1, 0.15) is 57.2 Å². The number of benzene rings is 1. The fourth-order valence-corrected chi connectivity index (χ4v) is 5.60. The summed E-state index contributed by atoms with van der Waals surface area (Å²) in [7, 11) is 0. The van der Waals surface area contributed by atoms with Crippen LogP contribution < -0.4 is 11.1 Å². The third-order valence-corrected chi connectivity index (χ3v) is 7.69. The van der Waals surface area contributed by atoms with E-state index in [-0.39, 0.29) is 37.8 Å². The summed E-state index contributed by atoms with van der Waals surface area (Å²) in [6.07, 6.45) is 0.0868. The summed E-state index contributed by atoms with van der Waals surface area (Å²) in [4.78, 5) is 19.3. The molecule has 0 fully saturated rings. The molecule has 0 radical (unpaired) electrons. The van der Waals surface area contributed by atoms with Crippen LogP contribution in [0, 0.1) is 44.5 Å². The largest absolute Gasteiger partial charge is 0.439 e. The Morgan fingerprint density at radius 3 is 2.50 bits per heavy atom. The number of aromatic nitrogens is 3. The smallest absolute Gasteiger partial charge is 0.223 e. The molecule has 1 atom stereocenters. The number of hydrogen-bond donors (Lipinski definition) is 2. The number of carbonyl (C=O) groups excluding carboxylic acids is 1. The molecule has 3 aromatic heterocycles. The number of nitrogens with zero attached hydrogens (tertiary/aromatic N) is 4. The number of amides is 1. The minimum Gasteiger partial charge on any atom is -0.439 e. The lowest BCUT2D eigenvalue weighted by atomic mass is 9.99. The van der Waals surface area contributed by atoms with E-state index in [0.29, 0.717) is 22.4 Å². The van der Waals surface area contributed by atoms with Crippen LogP contribution in [0.15, 0.2) is 45.8 Å². The molecule has 204 valence electrons. The van der Waals surface area contributed by atoms with Crippen LogP contribution in [-0.2, 0) is 4.79 Å². The van der Waals surface area contributed by atoms with Gasteiger partial charge in [-0.2, -0.15) is 0 Å². The zero-order valence-electron chi connectivity index (χ0n) is 22.0. The van der Waals surface area contributed by atoms with Gasteiger partial charge in [0.1, 0.15) is 16.9 Å². The van der Waals surface area contributed by atoms with Gasteiger partial charge in [0, 0.05) is 21.0 Å². The normalized spacial score (nSPS) is 13.3. The van der Waals surface area contributed by atoms with Gasteiger partial charge in [-0.15, -0.1) is 33.9 Å². The Labute approximate surface area is 247 Å². The average molecular weight is 594 g/mol. The molecule has 4 aromatic rings. The Morgan fingerprint density at radius 1 is 1.10 bits per heavy atom. The molecule has 0 unspecified atom stereocenters. The Bertz CT molecular complexity index is 1710. The van der Waals surface area contributed by atoms with E-state index in [4.69, 9.17) is 26.7 Å². The van der Waals surface area contributed by atoms with Crippen molar-refractivity contribution in [3.63, 3.8) is 0 Å². The van der Waals surface area contributed by atoms with Crippen molar-refractivity contribution in [2.24, 2.45) is 10.7 Å². The standard InChI is InChI=1S/C29H25ClN6O2S.ClH/c1-17-18(2)39-29-26(17)27(20-8-10-21(30)11-9-20)33-24(28-35-34-19(3)36(28)29)16-25(37)32-15-5-7-23-13-12-22(38-23)6-4-14-31;/h8-13,24H,14-16,31H2,1-3H3,(H,32,37);1H/t24-;/m0./s1. The fraction of sp³-hybridized carbons (Fsp3) is 0.241. The Morgan fingerprint density at radius 2 is 1.80 bits per heavy atom. The van der Waals surface area contributed by atoms with Gasteiger partial charge >= 0.3 is 0 Å². The van der Waals surface area contributed by atoms with E-state index in [0.717, 1.165) is 33.2 Å². The maximum absolute atomic E-state index is 13.0. The van der Waals surface area contributed by atoms with Crippen molar-refractivity contribution in [2.45, 2.75) is 33.2 Å². The molecule has 0 spiro atoms. The molecule has 1 aliphatic heterocycles. The van der Waals surface area contributed by atoms with Crippen LogP contribution in [0.4, 0.5) is 0 Å². The van der Waals surface area contributed by atoms with Crippen molar-refractivity contribution < 1.29 is 9.21 Å². The maximum atomic E-state index is 13.0. The van der Waals surface area contributed by atoms with Crippen molar-refractivity contribution in [1.29, 1.82) is 0 Å². The predicted octanol–water partition coefficient (Wildman–Crippen LogP) is 4.68. The zero-order valence-corrected chi connectivity index (χ0v) is 24.4. The Balaban J connectivity index is 0.00000370. The first-order chi connectivity index (χ1) is 18.9. The highest BCUT2D eigenvalue weighted by Crippen LogP contribution is 2.39. The highest BCUT2D eigenvalue weighted by atomic mass is 35.5. The number of thiophene rings is 1. The van der Waals surface area contributed by atoms with Gasteiger partial charge in [-0.25, -0.2) is 0 Å². The Kier molecular flexibility index (Phi) is 9.14. The minimum atomic E-state index is -0.544. The average Bonchev–Trinajstić information content (AvgIpc) is 3.59. The molecule has 4 heterocycles. The van der Waals surface area contributed by atoms with Gasteiger partial charge in [-0.3, -0.25) is 14.4 Å². The summed E-state index contributed by atoms with van der Waals surface area (Å²) in [5.41, 5.74) is 9.26. The topological polar surface area (TPSA) is 111 Å². The van der Waals surface area contributed by atoms with Crippen molar-refractivity contribution in [1.82, 2.24) is 20.1 Å². The molecule has 0 bridgehead atoms. The van der Waals surface area contributed by atoms with Crippen LogP contribution in [-0.4, -0.2) is 39.5 Å². The molecule has 40 heavy (non-hydrogen) atoms. The van der Waals surface area contributed by atoms with E-state index < -0.39 is 6.04 Å². The predicted molar refractivity (Wildman–Crippen MR) is 160 cm³/mol. The number of aryl methyl sites for hydroxylation is 2. The third kappa shape index (κ3) is 5.99. The number of nitrogens with two attached hydrogens (primary N) is 1. The molecular weight excluding hydrogens is 567 g/mol. The third-order valence-electron chi connectivity index (χ3n) is 6.24. The highest BCUT2D eigenvalue weighted by molar-refractivity contribution is 7.15. The van der Waals surface area contributed by atoms with E-state index in [1.807, 2.05) is 35.8 Å². The van der Waals surface area contributed by atoms with Gasteiger partial charge < -0.3 is 15.5 Å². The number of rotatable bonds is 4. The summed E-state index contributed by atoms with van der Waals surface area (Å²) in [6.45, 7) is 6.50. The molecule has 3 N–H and O–H groups in total. The molecule has 1 aromatic carbocycles. The van der Waals surface area contributed by atoms with E-state index in [9.17, 15) is 4.79 Å². The van der Waals surface area contributed by atoms with E-state index in [2.05, 4.69) is 53.0 Å². The fourth-order valence-electron chi connectivity index (χ4n) is 4.26. The molecule has 1 amide bonds. The van der Waals surface area contributed by atoms with Gasteiger partial charge in [0.25, 0.3) is 0 Å². The summed E-state index contributed by atoms with van der Waals surface area (Å²) in [5.74, 6) is 13.5.